The van der Waals surface area contributed by atoms with E-state index in [-0.39, 0.29) is 5.54 Å². The van der Waals surface area contributed by atoms with Crippen molar-refractivity contribution in [2.45, 2.75) is 53.0 Å². The second-order valence-corrected chi connectivity index (χ2v) is 5.99. The standard InChI is InChI=1S/C16H29N3/c1-6-13-19(7-2)15-10-8-9-14(18-15)11-12-17-16(3,4)5/h8-10,17H,6-7,11-13H2,1-5H3. The van der Waals surface area contributed by atoms with Crippen LogP contribution in [0.4, 0.5) is 5.82 Å². The van der Waals surface area contributed by atoms with Gasteiger partial charge in [-0.25, -0.2) is 4.98 Å². The average molecular weight is 263 g/mol. The smallest absolute Gasteiger partial charge is 0.128 e. The lowest BCUT2D eigenvalue weighted by Gasteiger charge is -2.22. The highest BCUT2D eigenvalue weighted by atomic mass is 15.2. The molecule has 0 bridgehead atoms. The van der Waals surface area contributed by atoms with Gasteiger partial charge in [0.05, 0.1) is 0 Å². The monoisotopic (exact) mass is 263 g/mol. The van der Waals surface area contributed by atoms with Gasteiger partial charge in [0.15, 0.2) is 0 Å². The number of nitrogens with zero attached hydrogens (tertiary/aromatic N) is 2. The molecule has 0 amide bonds. The molecule has 0 atom stereocenters. The van der Waals surface area contributed by atoms with E-state index in [0.29, 0.717) is 0 Å². The van der Waals surface area contributed by atoms with Crippen molar-refractivity contribution in [3.63, 3.8) is 0 Å². The minimum Gasteiger partial charge on any atom is -0.357 e. The second kappa shape index (κ2) is 7.49. The summed E-state index contributed by atoms with van der Waals surface area (Å²) in [6.07, 6.45) is 2.14. The van der Waals surface area contributed by atoms with Crippen molar-refractivity contribution in [2.24, 2.45) is 0 Å². The van der Waals surface area contributed by atoms with Crippen LogP contribution in [-0.4, -0.2) is 30.2 Å². The van der Waals surface area contributed by atoms with Gasteiger partial charge in [0, 0.05) is 37.3 Å². The van der Waals surface area contributed by atoms with Gasteiger partial charge in [0.2, 0.25) is 0 Å². The largest absolute Gasteiger partial charge is 0.357 e. The quantitative estimate of drug-likeness (QED) is 0.818. The van der Waals surface area contributed by atoms with E-state index in [1.165, 1.54) is 5.69 Å². The molecule has 0 radical (unpaired) electrons. The fraction of sp³-hybridized carbons (Fsp3) is 0.688. The Morgan fingerprint density at radius 2 is 1.95 bits per heavy atom. The van der Waals surface area contributed by atoms with Crippen LogP contribution in [0, 0.1) is 0 Å². The van der Waals surface area contributed by atoms with E-state index in [2.05, 4.69) is 63.0 Å². The molecule has 0 fully saturated rings. The molecule has 0 unspecified atom stereocenters. The summed E-state index contributed by atoms with van der Waals surface area (Å²) in [5.41, 5.74) is 1.35. The van der Waals surface area contributed by atoms with Gasteiger partial charge in [-0.2, -0.15) is 0 Å². The Balaban J connectivity index is 2.61. The van der Waals surface area contributed by atoms with E-state index >= 15 is 0 Å². The van der Waals surface area contributed by atoms with Crippen LogP contribution in [0.1, 0.15) is 46.7 Å². The maximum absolute atomic E-state index is 4.77. The first-order chi connectivity index (χ1) is 8.96. The van der Waals surface area contributed by atoms with Crippen molar-refractivity contribution < 1.29 is 0 Å². The summed E-state index contributed by atoms with van der Waals surface area (Å²) in [6.45, 7) is 14.0. The summed E-state index contributed by atoms with van der Waals surface area (Å²) in [5.74, 6) is 1.11. The van der Waals surface area contributed by atoms with Crippen molar-refractivity contribution in [3.05, 3.63) is 23.9 Å². The molecule has 0 saturated heterocycles. The third-order valence-corrected chi connectivity index (χ3v) is 3.03. The Bertz CT molecular complexity index is 369. The van der Waals surface area contributed by atoms with Crippen LogP contribution in [0.3, 0.4) is 0 Å². The van der Waals surface area contributed by atoms with E-state index in [4.69, 9.17) is 4.98 Å². The Labute approximate surface area is 118 Å². The van der Waals surface area contributed by atoms with E-state index in [9.17, 15) is 0 Å². The minimum absolute atomic E-state index is 0.176. The van der Waals surface area contributed by atoms with Gasteiger partial charge in [0.25, 0.3) is 0 Å². The molecule has 1 aromatic heterocycles. The zero-order chi connectivity index (χ0) is 14.3. The lowest BCUT2D eigenvalue weighted by Crippen LogP contribution is -2.37. The first kappa shape index (κ1) is 16.0. The normalized spacial score (nSPS) is 11.6. The van der Waals surface area contributed by atoms with Gasteiger partial charge in [-0.15, -0.1) is 0 Å². The van der Waals surface area contributed by atoms with Crippen LogP contribution >= 0.6 is 0 Å². The van der Waals surface area contributed by atoms with Crippen LogP contribution in [-0.2, 0) is 6.42 Å². The Kier molecular flexibility index (Phi) is 6.29. The summed E-state index contributed by atoms with van der Waals surface area (Å²) in [6, 6.07) is 6.35. The van der Waals surface area contributed by atoms with E-state index < -0.39 is 0 Å². The van der Waals surface area contributed by atoms with E-state index in [1.54, 1.807) is 0 Å². The number of anilines is 1. The fourth-order valence-electron chi connectivity index (χ4n) is 2.05. The maximum Gasteiger partial charge on any atom is 0.128 e. The fourth-order valence-corrected chi connectivity index (χ4v) is 2.05. The summed E-state index contributed by atoms with van der Waals surface area (Å²) in [5, 5.41) is 3.50. The molecular weight excluding hydrogens is 234 g/mol. The molecule has 3 heteroatoms. The van der Waals surface area contributed by atoms with Crippen LogP contribution < -0.4 is 10.2 Å². The number of nitrogens with one attached hydrogen (secondary N) is 1. The van der Waals surface area contributed by atoms with Gasteiger partial charge >= 0.3 is 0 Å². The van der Waals surface area contributed by atoms with Crippen molar-refractivity contribution in [2.75, 3.05) is 24.5 Å². The molecule has 1 rings (SSSR count). The molecule has 0 aromatic carbocycles. The van der Waals surface area contributed by atoms with Gasteiger partial charge in [-0.3, -0.25) is 0 Å². The van der Waals surface area contributed by atoms with Gasteiger partial charge < -0.3 is 10.2 Å². The van der Waals surface area contributed by atoms with Gasteiger partial charge in [-0.05, 0) is 46.2 Å². The van der Waals surface area contributed by atoms with Gasteiger partial charge in [0.1, 0.15) is 5.82 Å². The van der Waals surface area contributed by atoms with Crippen molar-refractivity contribution in [3.8, 4) is 0 Å². The van der Waals surface area contributed by atoms with Crippen molar-refractivity contribution >= 4 is 5.82 Å². The summed E-state index contributed by atoms with van der Waals surface area (Å²) in [4.78, 5) is 7.10. The molecule has 0 aliphatic rings. The highest BCUT2D eigenvalue weighted by molar-refractivity contribution is 5.39. The molecule has 0 saturated carbocycles. The third-order valence-electron chi connectivity index (χ3n) is 3.03. The Morgan fingerprint density at radius 3 is 2.53 bits per heavy atom. The van der Waals surface area contributed by atoms with Crippen LogP contribution in [0.2, 0.25) is 0 Å². The molecule has 0 aliphatic heterocycles. The minimum atomic E-state index is 0.176. The summed E-state index contributed by atoms with van der Waals surface area (Å²) in [7, 11) is 0. The first-order valence-corrected chi connectivity index (χ1v) is 7.42. The molecule has 1 aromatic rings. The van der Waals surface area contributed by atoms with Crippen LogP contribution in [0.25, 0.3) is 0 Å². The summed E-state index contributed by atoms with van der Waals surface area (Å²) >= 11 is 0. The zero-order valence-corrected chi connectivity index (χ0v) is 13.2. The Hall–Kier alpha value is -1.09. The first-order valence-electron chi connectivity index (χ1n) is 7.42. The SMILES string of the molecule is CCCN(CC)c1cccc(CCNC(C)(C)C)n1. The molecule has 0 aliphatic carbocycles. The molecule has 3 nitrogen and oxygen atoms in total. The van der Waals surface area contributed by atoms with Gasteiger partial charge in [-0.1, -0.05) is 13.0 Å². The van der Waals surface area contributed by atoms with Crippen LogP contribution in [0.5, 0.6) is 0 Å². The second-order valence-electron chi connectivity index (χ2n) is 5.99. The molecule has 1 heterocycles. The maximum atomic E-state index is 4.77. The molecule has 108 valence electrons. The molecule has 1 N–H and O–H groups in total. The number of hydrogen-bond acceptors (Lipinski definition) is 3. The zero-order valence-electron chi connectivity index (χ0n) is 13.2. The number of rotatable bonds is 7. The molecular formula is C16H29N3. The highest BCUT2D eigenvalue weighted by Gasteiger charge is 2.09. The van der Waals surface area contributed by atoms with Crippen molar-refractivity contribution in [1.82, 2.24) is 10.3 Å². The lowest BCUT2D eigenvalue weighted by atomic mass is 10.1. The van der Waals surface area contributed by atoms with E-state index in [0.717, 1.165) is 38.3 Å². The lowest BCUT2D eigenvalue weighted by molar-refractivity contribution is 0.428. The predicted molar refractivity (Wildman–Crippen MR) is 83.9 cm³/mol. The number of pyridine rings is 1. The average Bonchev–Trinajstić information content (AvgIpc) is 2.35. The van der Waals surface area contributed by atoms with Crippen molar-refractivity contribution in [1.29, 1.82) is 0 Å². The highest BCUT2D eigenvalue weighted by Crippen LogP contribution is 2.12. The number of hydrogen-bond donors (Lipinski definition) is 1. The number of aromatic nitrogens is 1. The molecule has 19 heavy (non-hydrogen) atoms. The van der Waals surface area contributed by atoms with Crippen LogP contribution in [0.15, 0.2) is 18.2 Å². The topological polar surface area (TPSA) is 28.2 Å². The summed E-state index contributed by atoms with van der Waals surface area (Å²) < 4.78 is 0. The predicted octanol–water partition coefficient (Wildman–Crippen LogP) is 3.25. The van der Waals surface area contributed by atoms with E-state index in [1.807, 2.05) is 0 Å². The Morgan fingerprint density at radius 1 is 1.21 bits per heavy atom. The molecule has 0 spiro atoms. The third kappa shape index (κ3) is 6.06.